The fourth-order valence-electron chi connectivity index (χ4n) is 2.03. The number of fused-ring (bicyclic) bond motifs is 1. The summed E-state index contributed by atoms with van der Waals surface area (Å²) in [5.41, 5.74) is 3.04. The Kier molecular flexibility index (Phi) is 2.76. The van der Waals surface area contributed by atoms with Gasteiger partial charge in [-0.2, -0.15) is 0 Å². The van der Waals surface area contributed by atoms with Crippen LogP contribution >= 0.6 is 0 Å². The molecule has 1 heterocycles. The predicted molar refractivity (Wildman–Crippen MR) is 75.5 cm³/mol. The molecular formula is C15H13N3O. The lowest BCUT2D eigenvalue weighted by Crippen LogP contribution is -2.00. The molecule has 3 rings (SSSR count). The van der Waals surface area contributed by atoms with Gasteiger partial charge in [-0.05, 0) is 18.2 Å². The molecule has 2 N–H and O–H groups in total. The number of nitrogens with zero attached hydrogens (tertiary/aromatic N) is 1. The molecule has 0 aliphatic carbocycles. The molecule has 0 aliphatic rings. The van der Waals surface area contributed by atoms with Gasteiger partial charge in [0.1, 0.15) is 0 Å². The number of carbonyl (C=O) groups excluding carboxylic acids is 1. The van der Waals surface area contributed by atoms with Gasteiger partial charge in [0.2, 0.25) is 5.95 Å². The number of benzene rings is 2. The molecule has 4 heteroatoms. The predicted octanol–water partition coefficient (Wildman–Crippen LogP) is 2.84. The van der Waals surface area contributed by atoms with Crippen LogP contribution in [0.25, 0.3) is 11.0 Å². The van der Waals surface area contributed by atoms with E-state index in [4.69, 9.17) is 0 Å². The molecule has 2 aromatic carbocycles. The molecule has 0 fully saturated rings. The van der Waals surface area contributed by atoms with Gasteiger partial charge in [0.25, 0.3) is 0 Å². The van der Waals surface area contributed by atoms with E-state index in [2.05, 4.69) is 15.3 Å². The zero-order valence-corrected chi connectivity index (χ0v) is 10.5. The number of aromatic amines is 1. The number of imidazole rings is 1. The van der Waals surface area contributed by atoms with Gasteiger partial charge in [-0.1, -0.05) is 30.3 Å². The number of anilines is 1. The van der Waals surface area contributed by atoms with E-state index in [1.165, 1.54) is 0 Å². The third-order valence-corrected chi connectivity index (χ3v) is 3.02. The lowest BCUT2D eigenvalue weighted by molar-refractivity contribution is 0.103. The number of aromatic nitrogens is 2. The molecule has 0 spiro atoms. The highest BCUT2D eigenvalue weighted by Crippen LogP contribution is 2.18. The van der Waals surface area contributed by atoms with E-state index in [0.717, 1.165) is 11.0 Å². The monoisotopic (exact) mass is 251 g/mol. The number of hydrogen-bond acceptors (Lipinski definition) is 3. The molecular weight excluding hydrogens is 238 g/mol. The number of carbonyl (C=O) groups is 1. The van der Waals surface area contributed by atoms with Crippen molar-refractivity contribution in [2.45, 2.75) is 0 Å². The van der Waals surface area contributed by atoms with Crippen LogP contribution in [0.5, 0.6) is 0 Å². The fraction of sp³-hybridized carbons (Fsp3) is 0.0667. The summed E-state index contributed by atoms with van der Waals surface area (Å²) >= 11 is 0. The Morgan fingerprint density at radius 1 is 1.11 bits per heavy atom. The van der Waals surface area contributed by atoms with Crippen molar-refractivity contribution in [2.24, 2.45) is 0 Å². The van der Waals surface area contributed by atoms with Gasteiger partial charge in [0.15, 0.2) is 5.78 Å². The van der Waals surface area contributed by atoms with Crippen molar-refractivity contribution in [3.63, 3.8) is 0 Å². The van der Waals surface area contributed by atoms with Crippen LogP contribution in [-0.2, 0) is 0 Å². The SMILES string of the molecule is CNc1nc2ccc(C(=O)c3ccccc3)cc2[nH]1. The molecule has 0 atom stereocenters. The van der Waals surface area contributed by atoms with E-state index in [1.807, 2.05) is 42.5 Å². The minimum absolute atomic E-state index is 0.0168. The van der Waals surface area contributed by atoms with Gasteiger partial charge in [0.05, 0.1) is 11.0 Å². The number of ketones is 1. The van der Waals surface area contributed by atoms with E-state index in [0.29, 0.717) is 17.1 Å². The number of H-pyrrole nitrogens is 1. The maximum absolute atomic E-state index is 12.3. The highest BCUT2D eigenvalue weighted by atomic mass is 16.1. The van der Waals surface area contributed by atoms with E-state index >= 15 is 0 Å². The standard InChI is InChI=1S/C15H13N3O/c1-16-15-17-12-8-7-11(9-13(12)18-15)14(19)10-5-3-2-4-6-10/h2-9H,1H3,(H2,16,17,18). The Labute approximate surface area is 110 Å². The summed E-state index contributed by atoms with van der Waals surface area (Å²) in [5, 5.41) is 2.95. The van der Waals surface area contributed by atoms with Crippen molar-refractivity contribution in [2.75, 3.05) is 12.4 Å². The van der Waals surface area contributed by atoms with Crippen LogP contribution < -0.4 is 5.32 Å². The lowest BCUT2D eigenvalue weighted by Gasteiger charge is -2.00. The first kappa shape index (κ1) is 11.5. The first-order chi connectivity index (χ1) is 9.28. The third-order valence-electron chi connectivity index (χ3n) is 3.02. The first-order valence-electron chi connectivity index (χ1n) is 6.05. The smallest absolute Gasteiger partial charge is 0.200 e. The fourth-order valence-corrected chi connectivity index (χ4v) is 2.03. The molecule has 3 aromatic rings. The molecule has 0 saturated heterocycles. The molecule has 1 aromatic heterocycles. The maximum atomic E-state index is 12.3. The normalized spacial score (nSPS) is 10.6. The van der Waals surface area contributed by atoms with E-state index in [1.54, 1.807) is 13.1 Å². The van der Waals surface area contributed by atoms with Crippen molar-refractivity contribution in [3.05, 3.63) is 59.7 Å². The van der Waals surface area contributed by atoms with Crippen LogP contribution in [-0.4, -0.2) is 22.8 Å². The summed E-state index contributed by atoms with van der Waals surface area (Å²) in [6.07, 6.45) is 0. The molecule has 0 unspecified atom stereocenters. The second kappa shape index (κ2) is 4.57. The van der Waals surface area contributed by atoms with E-state index in [9.17, 15) is 4.79 Å². The summed E-state index contributed by atoms with van der Waals surface area (Å²) in [4.78, 5) is 19.8. The average Bonchev–Trinajstić information content (AvgIpc) is 2.89. The Hall–Kier alpha value is -2.62. The van der Waals surface area contributed by atoms with Crippen molar-refractivity contribution >= 4 is 22.8 Å². The number of rotatable bonds is 3. The van der Waals surface area contributed by atoms with Crippen LogP contribution in [0.1, 0.15) is 15.9 Å². The molecule has 0 bridgehead atoms. The lowest BCUT2D eigenvalue weighted by atomic mass is 10.0. The molecule has 0 radical (unpaired) electrons. The van der Waals surface area contributed by atoms with Gasteiger partial charge in [-0.25, -0.2) is 4.98 Å². The zero-order valence-electron chi connectivity index (χ0n) is 10.5. The summed E-state index contributed by atoms with van der Waals surface area (Å²) in [6.45, 7) is 0. The van der Waals surface area contributed by atoms with Crippen LogP contribution in [0.15, 0.2) is 48.5 Å². The summed E-state index contributed by atoms with van der Waals surface area (Å²) < 4.78 is 0. The van der Waals surface area contributed by atoms with Crippen LogP contribution in [0.3, 0.4) is 0 Å². The Morgan fingerprint density at radius 2 is 1.89 bits per heavy atom. The molecule has 19 heavy (non-hydrogen) atoms. The molecule has 0 aliphatic heterocycles. The van der Waals surface area contributed by atoms with E-state index in [-0.39, 0.29) is 5.78 Å². The van der Waals surface area contributed by atoms with Gasteiger partial charge < -0.3 is 10.3 Å². The van der Waals surface area contributed by atoms with Crippen molar-refractivity contribution in [3.8, 4) is 0 Å². The first-order valence-corrected chi connectivity index (χ1v) is 6.05. The molecule has 0 saturated carbocycles. The third kappa shape index (κ3) is 2.08. The Balaban J connectivity index is 2.03. The van der Waals surface area contributed by atoms with E-state index < -0.39 is 0 Å². The topological polar surface area (TPSA) is 57.8 Å². The molecule has 0 amide bonds. The quantitative estimate of drug-likeness (QED) is 0.704. The zero-order chi connectivity index (χ0) is 13.2. The Morgan fingerprint density at radius 3 is 2.63 bits per heavy atom. The van der Waals surface area contributed by atoms with Crippen LogP contribution in [0, 0.1) is 0 Å². The summed E-state index contributed by atoms with van der Waals surface area (Å²) in [7, 11) is 1.80. The molecule has 4 nitrogen and oxygen atoms in total. The van der Waals surface area contributed by atoms with Gasteiger partial charge in [-0.3, -0.25) is 4.79 Å². The molecule has 94 valence electrons. The van der Waals surface area contributed by atoms with Crippen molar-refractivity contribution in [1.29, 1.82) is 0 Å². The van der Waals surface area contributed by atoms with Gasteiger partial charge >= 0.3 is 0 Å². The van der Waals surface area contributed by atoms with Crippen LogP contribution in [0.2, 0.25) is 0 Å². The highest BCUT2D eigenvalue weighted by Gasteiger charge is 2.10. The largest absolute Gasteiger partial charge is 0.359 e. The average molecular weight is 251 g/mol. The minimum atomic E-state index is 0.0168. The Bertz CT molecular complexity index is 731. The van der Waals surface area contributed by atoms with Crippen molar-refractivity contribution < 1.29 is 4.79 Å². The number of nitrogens with one attached hydrogen (secondary N) is 2. The minimum Gasteiger partial charge on any atom is -0.359 e. The number of hydrogen-bond donors (Lipinski definition) is 2. The summed E-state index contributed by atoms with van der Waals surface area (Å²) in [6, 6.07) is 14.7. The van der Waals surface area contributed by atoms with Crippen LogP contribution in [0.4, 0.5) is 5.95 Å². The van der Waals surface area contributed by atoms with Gasteiger partial charge in [-0.15, -0.1) is 0 Å². The summed E-state index contributed by atoms with van der Waals surface area (Å²) in [5.74, 6) is 0.711. The highest BCUT2D eigenvalue weighted by molar-refractivity contribution is 6.10. The second-order valence-electron chi connectivity index (χ2n) is 4.26. The second-order valence-corrected chi connectivity index (χ2v) is 4.26. The van der Waals surface area contributed by atoms with Gasteiger partial charge in [0, 0.05) is 18.2 Å². The van der Waals surface area contributed by atoms with Crippen molar-refractivity contribution in [1.82, 2.24) is 9.97 Å². The maximum Gasteiger partial charge on any atom is 0.200 e.